The molecule has 0 bridgehead atoms. The van der Waals surface area contributed by atoms with Gasteiger partial charge in [0.25, 0.3) is 0 Å². The zero-order valence-corrected chi connectivity index (χ0v) is 7.25. The monoisotopic (exact) mass is 154 g/mol. The van der Waals surface area contributed by atoms with Crippen LogP contribution in [0.3, 0.4) is 0 Å². The van der Waals surface area contributed by atoms with Crippen LogP contribution in [0.5, 0.6) is 0 Å². The van der Waals surface area contributed by atoms with Gasteiger partial charge in [-0.2, -0.15) is 0 Å². The second kappa shape index (κ2) is 4.12. The fraction of sp³-hybridized carbons (Fsp3) is 1.00. The van der Waals surface area contributed by atoms with Crippen molar-refractivity contribution in [2.75, 3.05) is 7.11 Å². The largest absolute Gasteiger partial charge is 0.385 e. The highest BCUT2D eigenvalue weighted by Gasteiger charge is 2.22. The van der Waals surface area contributed by atoms with Gasteiger partial charge in [-0.25, -0.2) is 0 Å². The third kappa shape index (κ3) is 2.84. The van der Waals surface area contributed by atoms with Crippen molar-refractivity contribution in [3.63, 3.8) is 0 Å². The van der Waals surface area contributed by atoms with Crippen molar-refractivity contribution in [2.24, 2.45) is 0 Å². The summed E-state index contributed by atoms with van der Waals surface area (Å²) in [7, 11) is 7.30. The fourth-order valence-corrected chi connectivity index (χ4v) is 1.37. The third-order valence-electron chi connectivity index (χ3n) is 2.14. The van der Waals surface area contributed by atoms with Crippen LogP contribution >= 0.6 is 0 Å². The zero-order chi connectivity index (χ0) is 8.27. The van der Waals surface area contributed by atoms with Gasteiger partial charge in [0.2, 0.25) is 0 Å². The lowest BCUT2D eigenvalue weighted by atomic mass is 9.97. The van der Waals surface area contributed by atoms with E-state index in [0.717, 1.165) is 19.3 Å². The van der Waals surface area contributed by atoms with Crippen molar-refractivity contribution in [1.82, 2.24) is 0 Å². The summed E-state index contributed by atoms with van der Waals surface area (Å²) in [6.07, 6.45) is 3.63. The van der Waals surface area contributed by atoms with Gasteiger partial charge in [0, 0.05) is 13.1 Å². The minimum absolute atomic E-state index is 0.0379. The first kappa shape index (κ1) is 9.08. The molecule has 1 heterocycles. The molecule has 2 radical (unpaired) electrons. The average molecular weight is 154 g/mol. The lowest BCUT2D eigenvalue weighted by Gasteiger charge is -2.15. The normalized spacial score (nSPS) is 34.0. The fourth-order valence-electron chi connectivity index (χ4n) is 1.37. The number of ether oxygens (including phenoxy) is 2. The molecule has 0 amide bonds. The van der Waals surface area contributed by atoms with E-state index >= 15 is 0 Å². The first-order valence-corrected chi connectivity index (χ1v) is 4.16. The molecular weight excluding hydrogens is 139 g/mol. The van der Waals surface area contributed by atoms with Gasteiger partial charge in [0.15, 0.2) is 0 Å². The van der Waals surface area contributed by atoms with Crippen molar-refractivity contribution in [2.45, 2.75) is 44.4 Å². The molecule has 3 atom stereocenters. The molecule has 0 aromatic carbocycles. The molecule has 3 unspecified atom stereocenters. The highest BCUT2D eigenvalue weighted by atomic mass is 16.5. The summed E-state index contributed by atoms with van der Waals surface area (Å²) in [5, 5.41) is 0. The van der Waals surface area contributed by atoms with Crippen molar-refractivity contribution < 1.29 is 9.47 Å². The van der Waals surface area contributed by atoms with Gasteiger partial charge in [0.1, 0.15) is 7.85 Å². The second-order valence-corrected chi connectivity index (χ2v) is 3.16. The molecule has 1 saturated heterocycles. The summed E-state index contributed by atoms with van der Waals surface area (Å²) in [4.78, 5) is 0. The molecule has 0 saturated carbocycles. The van der Waals surface area contributed by atoms with Crippen LogP contribution in [-0.4, -0.2) is 33.2 Å². The molecule has 11 heavy (non-hydrogen) atoms. The maximum absolute atomic E-state index is 5.58. The molecule has 0 spiro atoms. The highest BCUT2D eigenvalue weighted by molar-refractivity contribution is 6.11. The maximum Gasteiger partial charge on any atom is 0.109 e. The maximum atomic E-state index is 5.58. The van der Waals surface area contributed by atoms with Crippen molar-refractivity contribution in [3.05, 3.63) is 0 Å². The Morgan fingerprint density at radius 1 is 1.64 bits per heavy atom. The van der Waals surface area contributed by atoms with Crippen LogP contribution < -0.4 is 0 Å². The smallest absolute Gasteiger partial charge is 0.109 e. The molecule has 1 aliphatic heterocycles. The Balaban J connectivity index is 2.17. The van der Waals surface area contributed by atoms with E-state index in [2.05, 4.69) is 0 Å². The minimum Gasteiger partial charge on any atom is -0.385 e. The lowest BCUT2D eigenvalue weighted by molar-refractivity contribution is 0.0279. The van der Waals surface area contributed by atoms with Crippen molar-refractivity contribution >= 4 is 7.85 Å². The summed E-state index contributed by atoms with van der Waals surface area (Å²) in [6.45, 7) is 2.05. The molecule has 0 N–H and O–H groups in total. The Bertz CT molecular complexity index is 119. The van der Waals surface area contributed by atoms with Crippen LogP contribution in [-0.2, 0) is 9.47 Å². The van der Waals surface area contributed by atoms with Gasteiger partial charge in [0.05, 0.1) is 12.2 Å². The van der Waals surface area contributed by atoms with Gasteiger partial charge < -0.3 is 9.47 Å². The Hall–Kier alpha value is -0.0151. The van der Waals surface area contributed by atoms with Gasteiger partial charge in [-0.05, 0) is 26.2 Å². The van der Waals surface area contributed by atoms with Gasteiger partial charge in [-0.15, -0.1) is 0 Å². The SMILES string of the molecule is [B]C1CCC(CC(C)OC)O1. The summed E-state index contributed by atoms with van der Waals surface area (Å²) in [5.41, 5.74) is 0. The standard InChI is InChI=1S/C8H15BO2/c1-6(10-2)5-7-3-4-8(9)11-7/h6-8H,3-5H2,1-2H3. The molecule has 1 aliphatic rings. The molecule has 3 heteroatoms. The first-order chi connectivity index (χ1) is 5.22. The molecular formula is C8H15BO2. The number of rotatable bonds is 3. The molecule has 1 rings (SSSR count). The Labute approximate surface area is 69.7 Å². The van der Waals surface area contributed by atoms with Crippen molar-refractivity contribution in [1.29, 1.82) is 0 Å². The third-order valence-corrected chi connectivity index (χ3v) is 2.14. The quantitative estimate of drug-likeness (QED) is 0.566. The average Bonchev–Trinajstić information content (AvgIpc) is 2.35. The van der Waals surface area contributed by atoms with Crippen LogP contribution in [0, 0.1) is 0 Å². The lowest BCUT2D eigenvalue weighted by Crippen LogP contribution is -2.17. The second-order valence-electron chi connectivity index (χ2n) is 3.16. The Morgan fingerprint density at radius 3 is 2.82 bits per heavy atom. The molecule has 0 aliphatic carbocycles. The number of methoxy groups -OCH3 is 1. The van der Waals surface area contributed by atoms with Crippen molar-refractivity contribution in [3.8, 4) is 0 Å². The van der Waals surface area contributed by atoms with Gasteiger partial charge in [-0.1, -0.05) is 0 Å². The van der Waals surface area contributed by atoms with E-state index in [9.17, 15) is 0 Å². The molecule has 0 aromatic rings. The Morgan fingerprint density at radius 2 is 2.36 bits per heavy atom. The van der Waals surface area contributed by atoms with Crippen LogP contribution in [0.15, 0.2) is 0 Å². The van der Waals surface area contributed by atoms with Crippen LogP contribution in [0.25, 0.3) is 0 Å². The van der Waals surface area contributed by atoms with E-state index in [0.29, 0.717) is 6.10 Å². The molecule has 0 aromatic heterocycles. The van der Waals surface area contributed by atoms with E-state index in [-0.39, 0.29) is 12.1 Å². The van der Waals surface area contributed by atoms with E-state index in [1.165, 1.54) is 0 Å². The predicted octanol–water partition coefficient (Wildman–Crippen LogP) is 1.08. The number of hydrogen-bond acceptors (Lipinski definition) is 2. The minimum atomic E-state index is -0.0379. The molecule has 1 fully saturated rings. The molecule has 62 valence electrons. The van der Waals surface area contributed by atoms with E-state index < -0.39 is 0 Å². The predicted molar refractivity (Wildman–Crippen MR) is 44.7 cm³/mol. The number of hydrogen-bond donors (Lipinski definition) is 0. The summed E-state index contributed by atoms with van der Waals surface area (Å²) >= 11 is 0. The van der Waals surface area contributed by atoms with Crippen LogP contribution in [0.4, 0.5) is 0 Å². The van der Waals surface area contributed by atoms with E-state index in [4.69, 9.17) is 17.3 Å². The van der Waals surface area contributed by atoms with Crippen LogP contribution in [0.1, 0.15) is 26.2 Å². The summed E-state index contributed by atoms with van der Waals surface area (Å²) in [6, 6.07) is -0.0379. The zero-order valence-electron chi connectivity index (χ0n) is 7.25. The van der Waals surface area contributed by atoms with Crippen LogP contribution in [0.2, 0.25) is 0 Å². The Kier molecular flexibility index (Phi) is 3.40. The highest BCUT2D eigenvalue weighted by Crippen LogP contribution is 2.21. The van der Waals surface area contributed by atoms with Gasteiger partial charge in [-0.3, -0.25) is 0 Å². The van der Waals surface area contributed by atoms with E-state index in [1.807, 2.05) is 6.92 Å². The molecule has 2 nitrogen and oxygen atoms in total. The van der Waals surface area contributed by atoms with E-state index in [1.54, 1.807) is 7.11 Å². The summed E-state index contributed by atoms with van der Waals surface area (Å²) < 4.78 is 10.6. The topological polar surface area (TPSA) is 18.5 Å². The van der Waals surface area contributed by atoms with Gasteiger partial charge >= 0.3 is 0 Å². The summed E-state index contributed by atoms with van der Waals surface area (Å²) in [5.74, 6) is 0. The first-order valence-electron chi connectivity index (χ1n) is 4.16.